The number of carbonyl (C=O) groups is 5. The monoisotopic (exact) mass is 589 g/mol. The quantitative estimate of drug-likeness (QED) is 0.115. The molecule has 1 saturated heterocycles. The summed E-state index contributed by atoms with van der Waals surface area (Å²) in [6, 6.07) is 25.2. The molecule has 44 heavy (non-hydrogen) atoms. The normalized spacial score (nSPS) is 23.5. The summed E-state index contributed by atoms with van der Waals surface area (Å²) in [5.74, 6) is -2.21. The van der Waals surface area contributed by atoms with Gasteiger partial charge in [-0.2, -0.15) is 0 Å². The van der Waals surface area contributed by atoms with Crippen molar-refractivity contribution in [1.29, 1.82) is 0 Å². The molecule has 1 aliphatic heterocycles. The Balaban J connectivity index is 0.991. The van der Waals surface area contributed by atoms with Gasteiger partial charge in [0, 0.05) is 5.56 Å². The van der Waals surface area contributed by atoms with Crippen LogP contribution in [0.1, 0.15) is 55.6 Å². The van der Waals surface area contributed by atoms with Gasteiger partial charge in [-0.25, -0.2) is 9.59 Å². The van der Waals surface area contributed by atoms with Crippen molar-refractivity contribution >= 4 is 35.2 Å². The first kappa shape index (κ1) is 27.5. The average molecular weight is 590 g/mol. The minimum Gasteiger partial charge on any atom is -0.457 e. The molecule has 3 fully saturated rings. The lowest BCUT2D eigenvalue weighted by Crippen LogP contribution is -2.33. The van der Waals surface area contributed by atoms with Gasteiger partial charge in [-0.05, 0) is 90.8 Å². The van der Waals surface area contributed by atoms with Crippen molar-refractivity contribution in [3.05, 3.63) is 120 Å². The summed E-state index contributed by atoms with van der Waals surface area (Å²) in [4.78, 5) is 66.0. The zero-order valence-corrected chi connectivity index (χ0v) is 23.5. The van der Waals surface area contributed by atoms with Crippen molar-refractivity contribution in [2.45, 2.75) is 18.8 Å². The average Bonchev–Trinajstić information content (AvgIpc) is 3.85. The maximum atomic E-state index is 13.7. The van der Waals surface area contributed by atoms with Gasteiger partial charge in [0.05, 0.1) is 29.3 Å². The third-order valence-corrected chi connectivity index (χ3v) is 9.03. The Morgan fingerprint density at radius 2 is 1.55 bits per heavy atom. The second-order valence-corrected chi connectivity index (χ2v) is 11.4. The largest absolute Gasteiger partial charge is 0.457 e. The molecular weight excluding hydrogens is 562 g/mol. The summed E-state index contributed by atoms with van der Waals surface area (Å²) in [7, 11) is 0. The van der Waals surface area contributed by atoms with E-state index in [1.807, 2.05) is 18.2 Å². The molecule has 0 N–H and O–H groups in total. The van der Waals surface area contributed by atoms with E-state index >= 15 is 0 Å². The molecule has 1 aromatic heterocycles. The van der Waals surface area contributed by atoms with Gasteiger partial charge in [0.1, 0.15) is 5.75 Å². The van der Waals surface area contributed by atoms with Gasteiger partial charge >= 0.3 is 11.9 Å². The van der Waals surface area contributed by atoms with E-state index < -0.39 is 24.3 Å². The number of imide groups is 1. The molecule has 7 rings (SSSR count). The topological polar surface area (TPSA) is 120 Å². The fourth-order valence-electron chi connectivity index (χ4n) is 7.13. The van der Waals surface area contributed by atoms with Crippen molar-refractivity contribution < 1.29 is 37.9 Å². The highest BCUT2D eigenvalue weighted by Gasteiger charge is 2.64. The van der Waals surface area contributed by atoms with Gasteiger partial charge in [0.25, 0.3) is 0 Å². The predicted molar refractivity (Wildman–Crippen MR) is 156 cm³/mol. The number of hydrogen-bond donors (Lipinski definition) is 0. The summed E-state index contributed by atoms with van der Waals surface area (Å²) >= 11 is 0. The molecule has 4 aromatic rings. The number of nitrogens with zero attached hydrogens (tertiary/aromatic N) is 1. The predicted octanol–water partition coefficient (Wildman–Crippen LogP) is 5.47. The van der Waals surface area contributed by atoms with Crippen LogP contribution in [-0.2, 0) is 14.3 Å². The van der Waals surface area contributed by atoms with E-state index in [2.05, 4.69) is 12.1 Å². The summed E-state index contributed by atoms with van der Waals surface area (Å²) in [6.45, 7) is -0.523. The molecule has 220 valence electrons. The minimum absolute atomic E-state index is 0.0475. The van der Waals surface area contributed by atoms with E-state index in [0.717, 1.165) is 12.8 Å². The van der Waals surface area contributed by atoms with Crippen molar-refractivity contribution in [1.82, 2.24) is 0 Å². The number of esters is 2. The van der Waals surface area contributed by atoms with E-state index in [1.165, 1.54) is 59.2 Å². The highest BCUT2D eigenvalue weighted by molar-refractivity contribution is 6.23. The minimum atomic E-state index is -0.757. The van der Waals surface area contributed by atoms with Crippen LogP contribution in [-0.4, -0.2) is 36.1 Å². The van der Waals surface area contributed by atoms with Crippen molar-refractivity contribution in [2.24, 2.45) is 23.7 Å². The number of Topliss-reactive ketones (excluding diaryl/α,β-unsaturated/α-hetero) is 1. The fraction of sp³-hybridized carbons (Fsp3) is 0.229. The van der Waals surface area contributed by atoms with Gasteiger partial charge in [-0.1, -0.05) is 36.4 Å². The zero-order chi connectivity index (χ0) is 30.4. The van der Waals surface area contributed by atoms with Gasteiger partial charge in [0.15, 0.2) is 12.4 Å². The van der Waals surface area contributed by atoms with Gasteiger partial charge in [0.2, 0.25) is 17.6 Å². The number of carbonyl (C=O) groups excluding carboxylic acids is 5. The Hall–Kier alpha value is -5.31. The Morgan fingerprint density at radius 1 is 0.773 bits per heavy atom. The first-order valence-corrected chi connectivity index (χ1v) is 14.5. The third-order valence-electron chi connectivity index (χ3n) is 9.03. The second-order valence-electron chi connectivity index (χ2n) is 11.4. The van der Waals surface area contributed by atoms with Crippen LogP contribution in [0, 0.1) is 23.7 Å². The standard InChI is InChI=1S/C35H27NO8/c37-28(21-11-13-25(14-12-21)44-35(41)29-10-5-15-42-29)19-43-34(40)22-8-4-9-24(16-22)36-32(38)30-23-17-26(20-6-2-1-3-7-20)27(18-23)31(30)33(36)39/h1-16,23,26-27,30-31H,17-19H2/t23-,26+,27-,30+,31+/m0/s1. The van der Waals surface area contributed by atoms with Crippen molar-refractivity contribution in [3.8, 4) is 5.75 Å². The summed E-state index contributed by atoms with van der Waals surface area (Å²) in [5, 5.41) is 0. The van der Waals surface area contributed by atoms with Crippen molar-refractivity contribution in [3.63, 3.8) is 0 Å². The number of anilines is 1. The molecule has 2 amide bonds. The SMILES string of the molecule is O=C(COC(=O)c1cccc(N2C(=O)[C@@H]3[C@@H]4C[C@H]([C@H]3C2=O)[C@@H](c2ccccc2)C4)c1)c1ccc(OC(=O)c2ccco2)cc1. The van der Waals surface area contributed by atoms with E-state index in [4.69, 9.17) is 13.9 Å². The Kier molecular flexibility index (Phi) is 6.93. The molecule has 9 nitrogen and oxygen atoms in total. The zero-order valence-electron chi connectivity index (χ0n) is 23.5. The smallest absolute Gasteiger partial charge is 0.379 e. The number of furan rings is 1. The molecule has 9 heteroatoms. The van der Waals surface area contributed by atoms with E-state index in [1.54, 1.807) is 18.2 Å². The van der Waals surface area contributed by atoms with Crippen LogP contribution >= 0.6 is 0 Å². The molecule has 0 spiro atoms. The second kappa shape index (κ2) is 11.1. The van der Waals surface area contributed by atoms with Gasteiger partial charge in [-0.3, -0.25) is 19.3 Å². The third kappa shape index (κ3) is 4.80. The van der Waals surface area contributed by atoms with E-state index in [-0.39, 0.29) is 64.0 Å². The van der Waals surface area contributed by atoms with Gasteiger partial charge < -0.3 is 13.9 Å². The van der Waals surface area contributed by atoms with Gasteiger partial charge in [-0.15, -0.1) is 0 Å². The molecule has 2 bridgehead atoms. The molecule has 2 aliphatic carbocycles. The molecule has 0 unspecified atom stereocenters. The number of fused-ring (bicyclic) bond motifs is 5. The van der Waals surface area contributed by atoms with Crippen LogP contribution < -0.4 is 9.64 Å². The van der Waals surface area contributed by atoms with Crippen LogP contribution in [0.15, 0.2) is 102 Å². The number of hydrogen-bond acceptors (Lipinski definition) is 8. The Labute approximate surface area is 252 Å². The van der Waals surface area contributed by atoms with E-state index in [9.17, 15) is 24.0 Å². The molecular formula is C35H27NO8. The molecule has 3 aliphatic rings. The molecule has 2 saturated carbocycles. The first-order valence-electron chi connectivity index (χ1n) is 14.5. The van der Waals surface area contributed by atoms with Crippen LogP contribution in [0.5, 0.6) is 5.75 Å². The maximum Gasteiger partial charge on any atom is 0.379 e. The van der Waals surface area contributed by atoms with Crippen molar-refractivity contribution in [2.75, 3.05) is 11.5 Å². The summed E-state index contributed by atoms with van der Waals surface area (Å²) in [6.07, 6.45) is 3.12. The molecule has 2 heterocycles. The summed E-state index contributed by atoms with van der Waals surface area (Å²) in [5.41, 5.74) is 1.91. The number of amides is 2. The highest BCUT2D eigenvalue weighted by atomic mass is 16.5. The lowest BCUT2D eigenvalue weighted by atomic mass is 9.73. The number of benzene rings is 3. The fourth-order valence-corrected chi connectivity index (χ4v) is 7.13. The van der Waals surface area contributed by atoms with Crippen LogP contribution in [0.3, 0.4) is 0 Å². The molecule has 5 atom stereocenters. The van der Waals surface area contributed by atoms with E-state index in [0.29, 0.717) is 5.69 Å². The highest BCUT2D eigenvalue weighted by Crippen LogP contribution is 2.61. The number of ketones is 1. The lowest BCUT2D eigenvalue weighted by Gasteiger charge is -2.28. The molecule has 3 aromatic carbocycles. The Bertz CT molecular complexity index is 1760. The van der Waals surface area contributed by atoms with Crippen LogP contribution in [0.4, 0.5) is 5.69 Å². The van der Waals surface area contributed by atoms with Crippen LogP contribution in [0.2, 0.25) is 0 Å². The molecule has 0 radical (unpaired) electrons. The number of rotatable bonds is 8. The van der Waals surface area contributed by atoms with Crippen LogP contribution in [0.25, 0.3) is 0 Å². The first-order chi connectivity index (χ1) is 21.4. The lowest BCUT2D eigenvalue weighted by molar-refractivity contribution is -0.123. The Morgan fingerprint density at radius 3 is 2.30 bits per heavy atom. The number of ether oxygens (including phenoxy) is 2. The summed E-state index contributed by atoms with van der Waals surface area (Å²) < 4.78 is 15.5. The maximum absolute atomic E-state index is 13.7.